The van der Waals surface area contributed by atoms with Crippen LogP contribution in [0.5, 0.6) is 0 Å². The number of carbonyl (C=O) groups is 2. The molecule has 0 aromatic rings. The van der Waals surface area contributed by atoms with Crippen molar-refractivity contribution in [3.05, 3.63) is 0 Å². The highest BCUT2D eigenvalue weighted by atomic mass is 16.4. The third-order valence-electron chi connectivity index (χ3n) is 2.44. The van der Waals surface area contributed by atoms with Crippen molar-refractivity contribution in [3.8, 4) is 0 Å². The van der Waals surface area contributed by atoms with Crippen LogP contribution in [-0.4, -0.2) is 42.0 Å². The number of hydrogen-bond donors (Lipinski definition) is 3. The highest BCUT2D eigenvalue weighted by Crippen LogP contribution is 2.01. The molecule has 0 saturated carbocycles. The fraction of sp³-hybridized carbons (Fsp3) is 0.800. The summed E-state index contributed by atoms with van der Waals surface area (Å²) >= 11 is 0. The largest absolute Gasteiger partial charge is 0.480 e. The summed E-state index contributed by atoms with van der Waals surface area (Å²) in [5.41, 5.74) is 0. The van der Waals surface area contributed by atoms with Gasteiger partial charge in [-0.05, 0) is 32.9 Å². The highest BCUT2D eigenvalue weighted by Gasteiger charge is 2.22. The van der Waals surface area contributed by atoms with Gasteiger partial charge in [0, 0.05) is 0 Å². The van der Waals surface area contributed by atoms with Gasteiger partial charge in [0.1, 0.15) is 11.8 Å². The molecule has 15 heavy (non-hydrogen) atoms. The van der Waals surface area contributed by atoms with Crippen LogP contribution in [-0.2, 0) is 9.59 Å². The molecule has 0 bridgehead atoms. The van der Waals surface area contributed by atoms with Crippen molar-refractivity contribution < 1.29 is 14.7 Å². The highest BCUT2D eigenvalue weighted by molar-refractivity contribution is 5.82. The minimum absolute atomic E-state index is 0. The Hall–Kier alpha value is -0.940. The van der Waals surface area contributed by atoms with E-state index in [2.05, 4.69) is 10.6 Å². The van der Waals surface area contributed by atoms with Gasteiger partial charge in [-0.15, -0.1) is 0 Å². The van der Waals surface area contributed by atoms with E-state index in [4.69, 9.17) is 5.11 Å². The summed E-state index contributed by atoms with van der Waals surface area (Å²) < 4.78 is 0. The SMILES string of the molecule is C.CC(=O)[C@@H]1CCN1.O=C(O)C1CCN1. The molecule has 2 atom stereocenters. The number of carboxylic acids is 1. The van der Waals surface area contributed by atoms with Crippen LogP contribution in [0.1, 0.15) is 27.2 Å². The standard InChI is InChI=1S/C5H9NO.C4H7NO2.CH4/c1-4(7)5-2-3-6-5;6-4(7)3-1-2-5-3;/h5-6H,2-3H2,1H3;3,5H,1-2H2,(H,6,7);1H4/t5-;;/m0../s1. The summed E-state index contributed by atoms with van der Waals surface area (Å²) in [5, 5.41) is 13.9. The lowest BCUT2D eigenvalue weighted by Crippen LogP contribution is -2.48. The second-order valence-corrected chi connectivity index (χ2v) is 3.54. The van der Waals surface area contributed by atoms with Gasteiger partial charge in [0.2, 0.25) is 0 Å². The summed E-state index contributed by atoms with van der Waals surface area (Å²) in [7, 11) is 0. The molecular weight excluding hydrogens is 196 g/mol. The molecule has 88 valence electrons. The Kier molecular flexibility index (Phi) is 6.12. The third-order valence-corrected chi connectivity index (χ3v) is 2.44. The van der Waals surface area contributed by atoms with E-state index in [1.54, 1.807) is 6.92 Å². The molecule has 2 fully saturated rings. The van der Waals surface area contributed by atoms with Gasteiger partial charge in [-0.1, -0.05) is 7.43 Å². The Balaban J connectivity index is 0.000000245. The van der Waals surface area contributed by atoms with Crippen LogP contribution < -0.4 is 10.6 Å². The fourth-order valence-electron chi connectivity index (χ4n) is 1.14. The van der Waals surface area contributed by atoms with Crippen molar-refractivity contribution in [2.75, 3.05) is 13.1 Å². The van der Waals surface area contributed by atoms with Crippen LogP contribution in [0.15, 0.2) is 0 Å². The van der Waals surface area contributed by atoms with Crippen molar-refractivity contribution >= 4 is 11.8 Å². The van der Waals surface area contributed by atoms with E-state index < -0.39 is 5.97 Å². The molecule has 2 aliphatic rings. The Morgan fingerprint density at radius 3 is 1.53 bits per heavy atom. The second kappa shape index (κ2) is 6.53. The normalized spacial score (nSPS) is 27.0. The van der Waals surface area contributed by atoms with Crippen molar-refractivity contribution in [2.24, 2.45) is 0 Å². The maximum Gasteiger partial charge on any atom is 0.320 e. The number of hydrogen-bond acceptors (Lipinski definition) is 4. The molecule has 0 spiro atoms. The number of Topliss-reactive ketones (excluding diaryl/α,β-unsaturated/α-hetero) is 1. The Morgan fingerprint density at radius 1 is 1.13 bits per heavy atom. The van der Waals surface area contributed by atoms with Gasteiger partial charge < -0.3 is 15.7 Å². The Morgan fingerprint density at radius 2 is 1.53 bits per heavy atom. The van der Waals surface area contributed by atoms with Crippen LogP contribution in [0.25, 0.3) is 0 Å². The molecule has 3 N–H and O–H groups in total. The van der Waals surface area contributed by atoms with E-state index in [-0.39, 0.29) is 25.3 Å². The summed E-state index contributed by atoms with van der Waals surface area (Å²) in [6.07, 6.45) is 1.82. The van der Waals surface area contributed by atoms with Crippen LogP contribution in [0.2, 0.25) is 0 Å². The maximum atomic E-state index is 10.4. The van der Waals surface area contributed by atoms with Gasteiger partial charge in [-0.3, -0.25) is 9.59 Å². The Bertz CT molecular complexity index is 199. The lowest BCUT2D eigenvalue weighted by Gasteiger charge is -2.24. The summed E-state index contributed by atoms with van der Waals surface area (Å²) in [6.45, 7) is 3.50. The average molecular weight is 216 g/mol. The lowest BCUT2D eigenvalue weighted by atomic mass is 10.0. The molecule has 5 nitrogen and oxygen atoms in total. The summed E-state index contributed by atoms with van der Waals surface area (Å²) in [6, 6.07) is -0.0556. The molecule has 0 aliphatic carbocycles. The number of carbonyl (C=O) groups excluding carboxylic acids is 1. The van der Waals surface area contributed by atoms with E-state index in [9.17, 15) is 9.59 Å². The molecule has 0 radical (unpaired) electrons. The summed E-state index contributed by atoms with van der Waals surface area (Å²) in [4.78, 5) is 20.3. The zero-order chi connectivity index (χ0) is 10.6. The van der Waals surface area contributed by atoms with E-state index in [1.807, 2.05) is 0 Å². The first-order chi connectivity index (χ1) is 6.61. The first-order valence-corrected chi connectivity index (χ1v) is 4.81. The van der Waals surface area contributed by atoms with E-state index in [0.29, 0.717) is 0 Å². The molecule has 5 heteroatoms. The van der Waals surface area contributed by atoms with Crippen molar-refractivity contribution in [3.63, 3.8) is 0 Å². The van der Waals surface area contributed by atoms with E-state index >= 15 is 0 Å². The molecule has 2 aliphatic heterocycles. The smallest absolute Gasteiger partial charge is 0.320 e. The number of nitrogens with one attached hydrogen (secondary N) is 2. The van der Waals surface area contributed by atoms with Crippen molar-refractivity contribution in [1.82, 2.24) is 10.6 Å². The van der Waals surface area contributed by atoms with Gasteiger partial charge in [-0.25, -0.2) is 0 Å². The van der Waals surface area contributed by atoms with Crippen LogP contribution in [0.4, 0.5) is 0 Å². The number of ketones is 1. The van der Waals surface area contributed by atoms with Crippen LogP contribution in [0, 0.1) is 0 Å². The molecule has 1 unspecified atom stereocenters. The first kappa shape index (κ1) is 14.1. The fourth-order valence-corrected chi connectivity index (χ4v) is 1.14. The maximum absolute atomic E-state index is 10.4. The summed E-state index contributed by atoms with van der Waals surface area (Å²) in [5.74, 6) is -0.461. The molecule has 2 saturated heterocycles. The van der Waals surface area contributed by atoms with Crippen molar-refractivity contribution in [2.45, 2.75) is 39.3 Å². The quantitative estimate of drug-likeness (QED) is 0.606. The molecule has 0 amide bonds. The minimum atomic E-state index is -0.730. The van der Waals surface area contributed by atoms with Crippen LogP contribution >= 0.6 is 0 Å². The molecule has 0 aromatic heterocycles. The van der Waals surface area contributed by atoms with Gasteiger partial charge in [0.25, 0.3) is 0 Å². The molecule has 0 aromatic carbocycles. The topological polar surface area (TPSA) is 78.4 Å². The zero-order valence-corrected chi connectivity index (χ0v) is 8.25. The van der Waals surface area contributed by atoms with Crippen molar-refractivity contribution in [1.29, 1.82) is 0 Å². The van der Waals surface area contributed by atoms with Gasteiger partial charge in [0.15, 0.2) is 0 Å². The first-order valence-electron chi connectivity index (χ1n) is 4.81. The molecule has 2 heterocycles. The minimum Gasteiger partial charge on any atom is -0.480 e. The predicted octanol–water partition coefficient (Wildman–Crippen LogP) is 0.00630. The number of rotatable bonds is 2. The molecule has 2 rings (SSSR count). The number of aliphatic carboxylic acids is 1. The van der Waals surface area contributed by atoms with Gasteiger partial charge in [-0.2, -0.15) is 0 Å². The number of carboxylic acid groups (broad SMARTS) is 1. The third kappa shape index (κ3) is 4.40. The van der Waals surface area contributed by atoms with E-state index in [1.165, 1.54) is 0 Å². The lowest BCUT2D eigenvalue weighted by molar-refractivity contribution is -0.141. The Labute approximate surface area is 90.2 Å². The van der Waals surface area contributed by atoms with Gasteiger partial charge in [0.05, 0.1) is 6.04 Å². The molecular formula is C10H20N2O3. The zero-order valence-electron chi connectivity index (χ0n) is 8.25. The van der Waals surface area contributed by atoms with Crippen LogP contribution in [0.3, 0.4) is 0 Å². The monoisotopic (exact) mass is 216 g/mol. The predicted molar refractivity (Wildman–Crippen MR) is 57.9 cm³/mol. The van der Waals surface area contributed by atoms with E-state index in [0.717, 1.165) is 25.9 Å². The average Bonchev–Trinajstić information content (AvgIpc) is 1.74. The van der Waals surface area contributed by atoms with Gasteiger partial charge >= 0.3 is 5.97 Å². The second-order valence-electron chi connectivity index (χ2n) is 3.54.